The van der Waals surface area contributed by atoms with Crippen molar-refractivity contribution >= 4 is 22.2 Å². The number of carbonyl (C=O) groups excluding carboxylic acids is 1. The molecule has 4 aromatic rings. The standard InChI is InChI=1S/C18H16FN5O3S/c1-10-20-16(27-22-10)8-23(2)17(25)14-9-28-18-21-13(7-24(14)18)11-4-5-15(26-3)12(19)6-11/h4-7,9H,8H2,1-3H3. The first-order chi connectivity index (χ1) is 13.5. The largest absolute Gasteiger partial charge is 0.494 e. The Balaban J connectivity index is 1.62. The lowest BCUT2D eigenvalue weighted by molar-refractivity contribution is 0.0763. The van der Waals surface area contributed by atoms with Gasteiger partial charge in [-0.3, -0.25) is 9.20 Å². The first-order valence-electron chi connectivity index (χ1n) is 8.31. The first kappa shape index (κ1) is 18.1. The minimum absolute atomic E-state index is 0.165. The van der Waals surface area contributed by atoms with E-state index in [1.165, 1.54) is 29.4 Å². The molecule has 0 bridgehead atoms. The highest BCUT2D eigenvalue weighted by Crippen LogP contribution is 2.27. The summed E-state index contributed by atoms with van der Waals surface area (Å²) in [4.78, 5) is 23.6. The zero-order chi connectivity index (χ0) is 19.8. The number of benzene rings is 1. The van der Waals surface area contributed by atoms with Crippen molar-refractivity contribution in [1.82, 2.24) is 24.4 Å². The van der Waals surface area contributed by atoms with Gasteiger partial charge in [-0.2, -0.15) is 4.98 Å². The van der Waals surface area contributed by atoms with Crippen molar-refractivity contribution in [3.8, 4) is 17.0 Å². The summed E-state index contributed by atoms with van der Waals surface area (Å²) < 4.78 is 25.7. The van der Waals surface area contributed by atoms with Crippen LogP contribution in [0.2, 0.25) is 0 Å². The van der Waals surface area contributed by atoms with Crippen molar-refractivity contribution in [2.45, 2.75) is 13.5 Å². The molecule has 0 aliphatic heterocycles. The number of ether oxygens (including phenoxy) is 1. The van der Waals surface area contributed by atoms with Crippen LogP contribution in [-0.4, -0.2) is 44.5 Å². The lowest BCUT2D eigenvalue weighted by atomic mass is 10.1. The van der Waals surface area contributed by atoms with Crippen LogP contribution in [0.25, 0.3) is 16.2 Å². The molecule has 0 spiro atoms. The zero-order valence-electron chi connectivity index (χ0n) is 15.3. The highest BCUT2D eigenvalue weighted by Gasteiger charge is 2.20. The SMILES string of the molecule is COc1ccc(-c2cn3c(C(=O)N(C)Cc4nc(C)no4)csc3n2)cc1F. The Labute approximate surface area is 163 Å². The Morgan fingerprint density at radius 2 is 2.21 bits per heavy atom. The second-order valence-electron chi connectivity index (χ2n) is 6.15. The van der Waals surface area contributed by atoms with Gasteiger partial charge in [0.2, 0.25) is 5.89 Å². The molecule has 0 aliphatic rings. The van der Waals surface area contributed by atoms with Gasteiger partial charge < -0.3 is 14.2 Å². The summed E-state index contributed by atoms with van der Waals surface area (Å²) in [7, 11) is 3.07. The number of rotatable bonds is 5. The summed E-state index contributed by atoms with van der Waals surface area (Å²) in [5, 5.41) is 5.46. The van der Waals surface area contributed by atoms with Gasteiger partial charge in [-0.1, -0.05) is 5.16 Å². The number of aromatic nitrogens is 4. The molecule has 0 saturated heterocycles. The lowest BCUT2D eigenvalue weighted by Gasteiger charge is -2.13. The fraction of sp³-hybridized carbons (Fsp3) is 0.222. The normalized spacial score (nSPS) is 11.1. The van der Waals surface area contributed by atoms with Crippen LogP contribution in [0.3, 0.4) is 0 Å². The van der Waals surface area contributed by atoms with E-state index in [4.69, 9.17) is 9.26 Å². The van der Waals surface area contributed by atoms with Gasteiger partial charge in [-0.25, -0.2) is 9.37 Å². The predicted octanol–water partition coefficient (Wildman–Crippen LogP) is 3.17. The summed E-state index contributed by atoms with van der Waals surface area (Å²) in [6.07, 6.45) is 1.71. The van der Waals surface area contributed by atoms with Crippen LogP contribution in [0, 0.1) is 12.7 Å². The van der Waals surface area contributed by atoms with Crippen LogP contribution < -0.4 is 4.74 Å². The maximum Gasteiger partial charge on any atom is 0.271 e. The summed E-state index contributed by atoms with van der Waals surface area (Å²) in [6, 6.07) is 4.63. The van der Waals surface area contributed by atoms with E-state index in [1.54, 1.807) is 42.1 Å². The van der Waals surface area contributed by atoms with Gasteiger partial charge in [0.25, 0.3) is 5.91 Å². The van der Waals surface area contributed by atoms with Crippen molar-refractivity contribution in [3.63, 3.8) is 0 Å². The molecule has 0 radical (unpaired) electrons. The molecule has 0 atom stereocenters. The molecule has 4 rings (SSSR count). The summed E-state index contributed by atoms with van der Waals surface area (Å²) >= 11 is 1.33. The van der Waals surface area contributed by atoms with E-state index in [0.29, 0.717) is 33.6 Å². The molecule has 0 fully saturated rings. The molecule has 28 heavy (non-hydrogen) atoms. The van der Waals surface area contributed by atoms with Crippen molar-refractivity contribution in [3.05, 3.63) is 53.0 Å². The number of hydrogen-bond donors (Lipinski definition) is 0. The Morgan fingerprint density at radius 3 is 2.89 bits per heavy atom. The van der Waals surface area contributed by atoms with Crippen molar-refractivity contribution < 1.29 is 18.4 Å². The van der Waals surface area contributed by atoms with Crippen LogP contribution in [0.15, 0.2) is 34.3 Å². The van der Waals surface area contributed by atoms with Gasteiger partial charge in [0.05, 0.1) is 12.8 Å². The summed E-state index contributed by atoms with van der Waals surface area (Å²) in [5.74, 6) is 0.354. The number of nitrogens with zero attached hydrogens (tertiary/aromatic N) is 5. The Morgan fingerprint density at radius 1 is 1.39 bits per heavy atom. The average Bonchev–Trinajstić information content (AvgIpc) is 3.36. The number of carbonyl (C=O) groups is 1. The zero-order valence-corrected chi connectivity index (χ0v) is 16.2. The maximum atomic E-state index is 14.0. The predicted molar refractivity (Wildman–Crippen MR) is 99.8 cm³/mol. The number of aryl methyl sites for hydroxylation is 1. The van der Waals surface area contributed by atoms with E-state index < -0.39 is 5.82 Å². The molecule has 0 saturated carbocycles. The Kier molecular flexibility index (Phi) is 4.55. The minimum Gasteiger partial charge on any atom is -0.494 e. The molecular weight excluding hydrogens is 385 g/mol. The van der Waals surface area contributed by atoms with E-state index in [2.05, 4.69) is 15.1 Å². The van der Waals surface area contributed by atoms with Crippen LogP contribution in [-0.2, 0) is 6.54 Å². The summed E-state index contributed by atoms with van der Waals surface area (Å²) in [5.41, 5.74) is 1.62. The third-order valence-electron chi connectivity index (χ3n) is 4.16. The molecule has 3 heterocycles. The van der Waals surface area contributed by atoms with Crippen LogP contribution >= 0.6 is 11.3 Å². The number of fused-ring (bicyclic) bond motifs is 1. The monoisotopic (exact) mass is 401 g/mol. The second-order valence-corrected chi connectivity index (χ2v) is 6.98. The van der Waals surface area contributed by atoms with Gasteiger partial charge in [0, 0.05) is 24.2 Å². The minimum atomic E-state index is -0.470. The molecule has 3 aromatic heterocycles. The molecule has 0 unspecified atom stereocenters. The second kappa shape index (κ2) is 7.04. The highest BCUT2D eigenvalue weighted by molar-refractivity contribution is 7.15. The number of imidazole rings is 1. The third-order valence-corrected chi connectivity index (χ3v) is 5.00. The Hall–Kier alpha value is -3.27. The molecule has 8 nitrogen and oxygen atoms in total. The van der Waals surface area contributed by atoms with Crippen molar-refractivity contribution in [1.29, 1.82) is 0 Å². The summed E-state index contributed by atoms with van der Waals surface area (Å²) in [6.45, 7) is 1.91. The van der Waals surface area contributed by atoms with Gasteiger partial charge in [0.1, 0.15) is 12.2 Å². The van der Waals surface area contributed by atoms with Crippen LogP contribution in [0.4, 0.5) is 4.39 Å². The molecule has 1 amide bonds. The molecule has 0 aliphatic carbocycles. The van der Waals surface area contributed by atoms with E-state index in [9.17, 15) is 9.18 Å². The molecule has 0 N–H and O–H groups in total. The maximum absolute atomic E-state index is 14.0. The van der Waals surface area contributed by atoms with Gasteiger partial charge in [-0.15, -0.1) is 11.3 Å². The molecule has 144 valence electrons. The van der Waals surface area contributed by atoms with E-state index in [0.717, 1.165) is 0 Å². The van der Waals surface area contributed by atoms with Crippen LogP contribution in [0.5, 0.6) is 5.75 Å². The van der Waals surface area contributed by atoms with E-state index in [-0.39, 0.29) is 18.2 Å². The smallest absolute Gasteiger partial charge is 0.271 e. The van der Waals surface area contributed by atoms with E-state index in [1.807, 2.05) is 0 Å². The van der Waals surface area contributed by atoms with Gasteiger partial charge >= 0.3 is 0 Å². The average molecular weight is 401 g/mol. The van der Waals surface area contributed by atoms with Gasteiger partial charge in [-0.05, 0) is 25.1 Å². The molecular formula is C18H16FN5O3S. The number of amides is 1. The van der Waals surface area contributed by atoms with E-state index >= 15 is 0 Å². The highest BCUT2D eigenvalue weighted by atomic mass is 32.1. The topological polar surface area (TPSA) is 85.8 Å². The first-order valence-corrected chi connectivity index (χ1v) is 9.19. The molecule has 1 aromatic carbocycles. The fourth-order valence-electron chi connectivity index (χ4n) is 2.78. The number of methoxy groups -OCH3 is 1. The molecule has 10 heteroatoms. The fourth-order valence-corrected chi connectivity index (χ4v) is 3.62. The van der Waals surface area contributed by atoms with Crippen molar-refractivity contribution in [2.24, 2.45) is 0 Å². The number of halogens is 1. The van der Waals surface area contributed by atoms with Crippen molar-refractivity contribution in [2.75, 3.05) is 14.2 Å². The van der Waals surface area contributed by atoms with Crippen LogP contribution in [0.1, 0.15) is 22.2 Å². The quantitative estimate of drug-likeness (QED) is 0.511. The number of thiazole rings is 1. The number of hydrogen-bond acceptors (Lipinski definition) is 7. The Bertz CT molecular complexity index is 1170. The lowest BCUT2D eigenvalue weighted by Crippen LogP contribution is -2.27. The van der Waals surface area contributed by atoms with Gasteiger partial charge in [0.15, 0.2) is 22.4 Å². The third kappa shape index (κ3) is 3.22.